The lowest BCUT2D eigenvalue weighted by molar-refractivity contribution is 0.0216. The molecule has 1 fully saturated rings. The van der Waals surface area contributed by atoms with Gasteiger partial charge in [0.05, 0.1) is 11.7 Å². The Hall–Kier alpha value is -1.76. The summed E-state index contributed by atoms with van der Waals surface area (Å²) in [6.07, 6.45) is -0.383. The van der Waals surface area contributed by atoms with Crippen LogP contribution in [0.3, 0.4) is 0 Å². The van der Waals surface area contributed by atoms with Crippen molar-refractivity contribution in [3.63, 3.8) is 0 Å². The van der Waals surface area contributed by atoms with Gasteiger partial charge in [0.25, 0.3) is 0 Å². The Kier molecular flexibility index (Phi) is 5.74. The fourth-order valence-corrected chi connectivity index (χ4v) is 3.06. The number of hydrogen-bond donors (Lipinski definition) is 1. The number of ether oxygens (including phenoxy) is 1. The molecule has 1 aromatic heterocycles. The van der Waals surface area contributed by atoms with E-state index in [1.807, 2.05) is 25.7 Å². The molecule has 0 saturated carbocycles. The normalized spacial score (nSPS) is 18.3. The van der Waals surface area contributed by atoms with E-state index in [0.29, 0.717) is 29.9 Å². The summed E-state index contributed by atoms with van der Waals surface area (Å²) in [5, 5.41) is 4.49. The number of rotatable bonds is 3. The minimum atomic E-state index is -0.563. The van der Waals surface area contributed by atoms with Gasteiger partial charge < -0.3 is 19.5 Å². The van der Waals surface area contributed by atoms with Crippen LogP contribution in [0.5, 0.6) is 0 Å². The van der Waals surface area contributed by atoms with Crippen molar-refractivity contribution in [1.29, 1.82) is 0 Å². The quantitative estimate of drug-likeness (QED) is 0.490. The molecule has 0 aromatic carbocycles. The predicted molar refractivity (Wildman–Crippen MR) is 93.8 cm³/mol. The molecule has 1 atom stereocenters. The van der Waals surface area contributed by atoms with Crippen molar-refractivity contribution in [1.82, 2.24) is 9.88 Å². The average Bonchev–Trinajstić information content (AvgIpc) is 2.81. The molecule has 8 nitrogen and oxygen atoms in total. The zero-order chi connectivity index (χ0) is 17.9. The number of hydrogen-bond acceptors (Lipinski definition) is 4. The monoisotopic (exact) mass is 374 g/mol. The van der Waals surface area contributed by atoms with Gasteiger partial charge in [-0.15, -0.1) is 0 Å². The van der Waals surface area contributed by atoms with Crippen molar-refractivity contribution in [2.75, 3.05) is 31.1 Å². The summed E-state index contributed by atoms with van der Waals surface area (Å²) in [6, 6.07) is 1.50. The van der Waals surface area contributed by atoms with Crippen LogP contribution < -0.4 is 4.90 Å². The van der Waals surface area contributed by atoms with Crippen LogP contribution in [0.1, 0.15) is 20.8 Å². The number of carbonyl (C=O) groups excluding carboxylic acids is 1. The zero-order valence-corrected chi connectivity index (χ0v) is 15.3. The molecule has 24 heavy (non-hydrogen) atoms. The highest BCUT2D eigenvalue weighted by molar-refractivity contribution is 6.35. The van der Waals surface area contributed by atoms with Crippen LogP contribution in [0, 0.1) is 0 Å². The molecule has 1 amide bonds. The lowest BCUT2D eigenvalue weighted by Crippen LogP contribution is -2.56. The summed E-state index contributed by atoms with van der Waals surface area (Å²) in [7, 11) is 0. The largest absolute Gasteiger partial charge is 0.444 e. The van der Waals surface area contributed by atoms with Gasteiger partial charge in [-0.2, -0.15) is 0 Å². The lowest BCUT2D eigenvalue weighted by atomic mass is 10.1. The standard InChI is InChI=1S/C14H20Cl2N6O2/c1-14(2,3)24-13(23)21-4-5-22(9(8-21)7-18-20-17)10-6-11(15)19-12(10)16/h6,9,19H,4-5,7-8H2,1-3H3. The third-order valence-corrected chi connectivity index (χ3v) is 4.01. The van der Waals surface area contributed by atoms with E-state index in [9.17, 15) is 4.79 Å². The second-order valence-corrected chi connectivity index (χ2v) is 7.29. The van der Waals surface area contributed by atoms with E-state index in [1.54, 1.807) is 11.0 Å². The van der Waals surface area contributed by atoms with Crippen molar-refractivity contribution < 1.29 is 9.53 Å². The second-order valence-electron chi connectivity index (χ2n) is 6.50. The number of nitrogens with zero attached hydrogens (tertiary/aromatic N) is 5. The van der Waals surface area contributed by atoms with Gasteiger partial charge in [-0.1, -0.05) is 28.3 Å². The molecule has 10 heteroatoms. The predicted octanol–water partition coefficient (Wildman–Crippen LogP) is 4.06. The number of carbonyl (C=O) groups is 1. The lowest BCUT2D eigenvalue weighted by Gasteiger charge is -2.42. The number of nitrogens with one attached hydrogen (secondary N) is 1. The fraction of sp³-hybridized carbons (Fsp3) is 0.643. The summed E-state index contributed by atoms with van der Waals surface area (Å²) in [6.45, 7) is 7.03. The highest BCUT2D eigenvalue weighted by Crippen LogP contribution is 2.32. The highest BCUT2D eigenvalue weighted by Gasteiger charge is 2.33. The van der Waals surface area contributed by atoms with E-state index in [-0.39, 0.29) is 18.7 Å². The Morgan fingerprint density at radius 1 is 1.50 bits per heavy atom. The maximum Gasteiger partial charge on any atom is 0.410 e. The third-order valence-electron chi connectivity index (χ3n) is 3.52. The smallest absolute Gasteiger partial charge is 0.410 e. The molecule has 1 N–H and O–H groups in total. The highest BCUT2D eigenvalue weighted by atomic mass is 35.5. The number of aromatic amines is 1. The first-order valence-corrected chi connectivity index (χ1v) is 8.26. The number of H-pyrrole nitrogens is 1. The maximum atomic E-state index is 12.3. The molecule has 0 bridgehead atoms. The Morgan fingerprint density at radius 2 is 2.21 bits per heavy atom. The maximum absolute atomic E-state index is 12.3. The Morgan fingerprint density at radius 3 is 2.75 bits per heavy atom. The van der Waals surface area contributed by atoms with Gasteiger partial charge >= 0.3 is 6.09 Å². The van der Waals surface area contributed by atoms with Crippen molar-refractivity contribution in [3.05, 3.63) is 26.8 Å². The molecule has 2 heterocycles. The van der Waals surface area contributed by atoms with Crippen molar-refractivity contribution in [3.8, 4) is 0 Å². The fourth-order valence-electron chi connectivity index (χ4n) is 2.55. The molecular weight excluding hydrogens is 355 g/mol. The number of azide groups is 1. The molecule has 1 aliphatic heterocycles. The Bertz CT molecular complexity index is 650. The van der Waals surface area contributed by atoms with Crippen LogP contribution in [0.4, 0.5) is 10.5 Å². The SMILES string of the molecule is CC(C)(C)OC(=O)N1CCN(c2cc(Cl)[nH]c2Cl)C(CN=[N+]=[N-])C1. The molecule has 1 aliphatic rings. The first kappa shape index (κ1) is 18.6. The number of amides is 1. The van der Waals surface area contributed by atoms with E-state index in [1.165, 1.54) is 0 Å². The number of anilines is 1. The van der Waals surface area contributed by atoms with Crippen LogP contribution in [-0.4, -0.2) is 53.8 Å². The van der Waals surface area contributed by atoms with Crippen molar-refractivity contribution in [2.24, 2.45) is 5.11 Å². The van der Waals surface area contributed by atoms with Crippen molar-refractivity contribution >= 4 is 35.0 Å². The van der Waals surface area contributed by atoms with Crippen LogP contribution >= 0.6 is 23.2 Å². The molecule has 1 aromatic rings. The number of aromatic nitrogens is 1. The molecule has 0 spiro atoms. The average molecular weight is 375 g/mol. The molecule has 1 unspecified atom stereocenters. The topological polar surface area (TPSA) is 97.3 Å². The van der Waals surface area contributed by atoms with Gasteiger partial charge in [-0.05, 0) is 32.4 Å². The van der Waals surface area contributed by atoms with E-state index in [4.69, 9.17) is 33.5 Å². The summed E-state index contributed by atoms with van der Waals surface area (Å²) in [4.78, 5) is 21.5. The third kappa shape index (κ3) is 4.63. The van der Waals surface area contributed by atoms with Gasteiger partial charge in [0.1, 0.15) is 15.9 Å². The summed E-state index contributed by atoms with van der Waals surface area (Å²) < 4.78 is 5.41. The Labute approximate surface area is 150 Å². The number of halogens is 2. The van der Waals surface area contributed by atoms with Gasteiger partial charge in [0, 0.05) is 31.1 Å². The molecular formula is C14H20Cl2N6O2. The summed E-state index contributed by atoms with van der Waals surface area (Å²) in [5.41, 5.74) is 8.78. The van der Waals surface area contributed by atoms with Gasteiger partial charge in [0.2, 0.25) is 0 Å². The van der Waals surface area contributed by atoms with Crippen LogP contribution in [0.2, 0.25) is 10.3 Å². The molecule has 1 saturated heterocycles. The van der Waals surface area contributed by atoms with E-state index >= 15 is 0 Å². The van der Waals surface area contributed by atoms with E-state index in [0.717, 1.165) is 5.69 Å². The van der Waals surface area contributed by atoms with Crippen molar-refractivity contribution in [2.45, 2.75) is 32.4 Å². The van der Waals surface area contributed by atoms with E-state index in [2.05, 4.69) is 15.0 Å². The van der Waals surface area contributed by atoms with E-state index < -0.39 is 5.60 Å². The summed E-state index contributed by atoms with van der Waals surface area (Å²) >= 11 is 12.1. The van der Waals surface area contributed by atoms with Crippen LogP contribution in [0.15, 0.2) is 11.2 Å². The minimum absolute atomic E-state index is 0.203. The molecule has 132 valence electrons. The summed E-state index contributed by atoms with van der Waals surface area (Å²) in [5.74, 6) is 0. The first-order valence-electron chi connectivity index (χ1n) is 7.50. The number of piperazine rings is 1. The van der Waals surface area contributed by atoms with Crippen LogP contribution in [-0.2, 0) is 4.74 Å². The molecule has 0 radical (unpaired) electrons. The molecule has 0 aliphatic carbocycles. The van der Waals surface area contributed by atoms with Gasteiger partial charge in [-0.25, -0.2) is 4.79 Å². The Balaban J connectivity index is 2.17. The van der Waals surface area contributed by atoms with Gasteiger partial charge in [-0.3, -0.25) is 0 Å². The van der Waals surface area contributed by atoms with Crippen LogP contribution in [0.25, 0.3) is 10.4 Å². The zero-order valence-electron chi connectivity index (χ0n) is 13.8. The second kappa shape index (κ2) is 7.42. The first-order chi connectivity index (χ1) is 11.2. The van der Waals surface area contributed by atoms with Gasteiger partial charge in [0.15, 0.2) is 0 Å². The molecule has 2 rings (SSSR count). The minimum Gasteiger partial charge on any atom is -0.444 e.